The largest absolute Gasteiger partial charge is 0.370 e. The van der Waals surface area contributed by atoms with Crippen LogP contribution < -0.4 is 16.4 Å². The van der Waals surface area contributed by atoms with Gasteiger partial charge >= 0.3 is 0 Å². The average molecular weight is 354 g/mol. The summed E-state index contributed by atoms with van der Waals surface area (Å²) in [5, 5.41) is 5.98. The fourth-order valence-corrected chi connectivity index (χ4v) is 3.26. The monoisotopic (exact) mass is 353 g/mol. The molecule has 0 amide bonds. The van der Waals surface area contributed by atoms with E-state index in [2.05, 4.69) is 36.5 Å². The molecule has 112 valence electrons. The van der Waals surface area contributed by atoms with Gasteiger partial charge in [0.1, 0.15) is 5.82 Å². The molecule has 0 radical (unpaired) electrons. The van der Waals surface area contributed by atoms with Crippen LogP contribution in [-0.4, -0.2) is 17.6 Å². The number of nitrogens with one attached hydrogen (secondary N) is 2. The summed E-state index contributed by atoms with van der Waals surface area (Å²) >= 11 is 3.27. The smallest absolute Gasteiger partial charge is 0.205 e. The van der Waals surface area contributed by atoms with E-state index in [0.29, 0.717) is 22.1 Å². The van der Waals surface area contributed by atoms with Crippen molar-refractivity contribution in [3.63, 3.8) is 0 Å². The SMILES string of the molecule is NC1=NC2(CCCCC2)N=C(Nc2cc(F)cc(Br)c2)N1. The molecule has 0 atom stereocenters. The highest BCUT2D eigenvalue weighted by Gasteiger charge is 2.34. The average Bonchev–Trinajstić information content (AvgIpc) is 2.36. The van der Waals surface area contributed by atoms with Crippen LogP contribution in [0.15, 0.2) is 32.7 Å². The van der Waals surface area contributed by atoms with Crippen LogP contribution in [0.3, 0.4) is 0 Å². The van der Waals surface area contributed by atoms with Crippen molar-refractivity contribution >= 4 is 33.5 Å². The van der Waals surface area contributed by atoms with Crippen molar-refractivity contribution < 1.29 is 4.39 Å². The molecule has 5 nitrogen and oxygen atoms in total. The lowest BCUT2D eigenvalue weighted by Crippen LogP contribution is -2.49. The Labute approximate surface area is 131 Å². The number of hydrogen-bond donors (Lipinski definition) is 3. The predicted molar refractivity (Wildman–Crippen MR) is 85.7 cm³/mol. The molecule has 21 heavy (non-hydrogen) atoms. The molecular formula is C14H17BrFN5. The molecule has 7 heteroatoms. The highest BCUT2D eigenvalue weighted by atomic mass is 79.9. The van der Waals surface area contributed by atoms with Crippen LogP contribution >= 0.6 is 15.9 Å². The lowest BCUT2D eigenvalue weighted by Gasteiger charge is -2.34. The Morgan fingerprint density at radius 3 is 2.67 bits per heavy atom. The van der Waals surface area contributed by atoms with Gasteiger partial charge in [-0.2, -0.15) is 0 Å². The molecule has 1 aliphatic carbocycles. The van der Waals surface area contributed by atoms with Crippen molar-refractivity contribution in [3.8, 4) is 0 Å². The van der Waals surface area contributed by atoms with Gasteiger partial charge in [0.15, 0.2) is 11.6 Å². The predicted octanol–water partition coefficient (Wildman–Crippen LogP) is 2.93. The van der Waals surface area contributed by atoms with Gasteiger partial charge in [-0.15, -0.1) is 0 Å². The summed E-state index contributed by atoms with van der Waals surface area (Å²) in [7, 11) is 0. The minimum absolute atomic E-state index is 0.322. The van der Waals surface area contributed by atoms with Crippen molar-refractivity contribution in [1.82, 2.24) is 5.32 Å². The number of rotatable bonds is 1. The molecule has 4 N–H and O–H groups in total. The molecule has 1 heterocycles. The Hall–Kier alpha value is -1.63. The second kappa shape index (κ2) is 5.63. The molecule has 1 aliphatic heterocycles. The van der Waals surface area contributed by atoms with Crippen LogP contribution in [0.1, 0.15) is 32.1 Å². The van der Waals surface area contributed by atoms with Gasteiger partial charge in [-0.3, -0.25) is 5.32 Å². The number of guanidine groups is 2. The maximum atomic E-state index is 13.4. The Bertz CT molecular complexity index is 587. The first kappa shape index (κ1) is 14.3. The van der Waals surface area contributed by atoms with Crippen molar-refractivity contribution in [2.24, 2.45) is 15.7 Å². The minimum Gasteiger partial charge on any atom is -0.370 e. The van der Waals surface area contributed by atoms with Gasteiger partial charge in [0.25, 0.3) is 0 Å². The molecular weight excluding hydrogens is 337 g/mol. The fourth-order valence-electron chi connectivity index (χ4n) is 2.80. The number of aliphatic imine (C=N–C) groups is 2. The van der Waals surface area contributed by atoms with Gasteiger partial charge < -0.3 is 11.1 Å². The second-order valence-electron chi connectivity index (χ2n) is 5.41. The van der Waals surface area contributed by atoms with Crippen LogP contribution in [0, 0.1) is 5.82 Å². The van der Waals surface area contributed by atoms with E-state index in [1.165, 1.54) is 18.6 Å². The number of halogens is 2. The first-order valence-electron chi connectivity index (χ1n) is 7.00. The van der Waals surface area contributed by atoms with Crippen LogP contribution in [0.5, 0.6) is 0 Å². The van der Waals surface area contributed by atoms with Crippen molar-refractivity contribution in [3.05, 3.63) is 28.5 Å². The summed E-state index contributed by atoms with van der Waals surface area (Å²) in [4.78, 5) is 9.14. The molecule has 0 unspecified atom stereocenters. The molecule has 0 bridgehead atoms. The summed E-state index contributed by atoms with van der Waals surface area (Å²) in [6.07, 6.45) is 5.19. The first-order chi connectivity index (χ1) is 10.0. The van der Waals surface area contributed by atoms with E-state index in [1.807, 2.05) is 0 Å². The summed E-state index contributed by atoms with van der Waals surface area (Å²) in [6.45, 7) is 0. The number of benzene rings is 1. The zero-order valence-corrected chi connectivity index (χ0v) is 13.1. The van der Waals surface area contributed by atoms with Crippen molar-refractivity contribution in [2.45, 2.75) is 37.8 Å². The molecule has 1 spiro atoms. The lowest BCUT2D eigenvalue weighted by molar-refractivity contribution is 0.307. The Balaban J connectivity index is 1.84. The Kier molecular flexibility index (Phi) is 3.84. The molecule has 1 fully saturated rings. The van der Waals surface area contributed by atoms with Gasteiger partial charge in [-0.05, 0) is 43.9 Å². The van der Waals surface area contributed by atoms with E-state index < -0.39 is 5.66 Å². The van der Waals surface area contributed by atoms with Gasteiger partial charge in [0, 0.05) is 10.2 Å². The van der Waals surface area contributed by atoms with Crippen LogP contribution in [-0.2, 0) is 0 Å². The highest BCUT2D eigenvalue weighted by Crippen LogP contribution is 2.34. The summed E-state index contributed by atoms with van der Waals surface area (Å²) < 4.78 is 14.1. The van der Waals surface area contributed by atoms with E-state index in [9.17, 15) is 4.39 Å². The zero-order chi connectivity index (χ0) is 14.9. The van der Waals surface area contributed by atoms with E-state index in [0.717, 1.165) is 25.7 Å². The number of nitrogens with zero attached hydrogens (tertiary/aromatic N) is 2. The van der Waals surface area contributed by atoms with Gasteiger partial charge in [-0.1, -0.05) is 22.4 Å². The number of hydrogen-bond acceptors (Lipinski definition) is 5. The number of nitrogens with two attached hydrogens (primary N) is 1. The Morgan fingerprint density at radius 1 is 1.19 bits per heavy atom. The summed E-state index contributed by atoms with van der Waals surface area (Å²) in [6, 6.07) is 4.59. The summed E-state index contributed by atoms with van der Waals surface area (Å²) in [5.74, 6) is 0.545. The van der Waals surface area contributed by atoms with Crippen molar-refractivity contribution in [2.75, 3.05) is 5.32 Å². The fraction of sp³-hybridized carbons (Fsp3) is 0.429. The van der Waals surface area contributed by atoms with Gasteiger partial charge in [0.2, 0.25) is 5.96 Å². The number of anilines is 1. The van der Waals surface area contributed by atoms with E-state index in [-0.39, 0.29) is 5.82 Å². The Morgan fingerprint density at radius 2 is 1.95 bits per heavy atom. The third-order valence-corrected chi connectivity index (χ3v) is 4.13. The molecule has 2 aliphatic rings. The highest BCUT2D eigenvalue weighted by molar-refractivity contribution is 9.10. The van der Waals surface area contributed by atoms with E-state index in [1.54, 1.807) is 6.07 Å². The van der Waals surface area contributed by atoms with Gasteiger partial charge in [0.05, 0.1) is 0 Å². The second-order valence-corrected chi connectivity index (χ2v) is 6.32. The third kappa shape index (κ3) is 3.34. The minimum atomic E-state index is -0.458. The standard InChI is InChI=1S/C14H17BrFN5/c15-9-6-10(16)8-11(7-9)18-13-19-12(17)20-14(21-13)4-2-1-3-5-14/h6-8H,1-5H2,(H4,17,18,19,20,21). The molecule has 3 rings (SSSR count). The van der Waals surface area contributed by atoms with Crippen LogP contribution in [0.2, 0.25) is 0 Å². The molecule has 0 aromatic heterocycles. The first-order valence-corrected chi connectivity index (χ1v) is 7.79. The van der Waals surface area contributed by atoms with Crippen molar-refractivity contribution in [1.29, 1.82) is 0 Å². The molecule has 1 aromatic rings. The van der Waals surface area contributed by atoms with Gasteiger partial charge in [-0.25, -0.2) is 14.4 Å². The maximum Gasteiger partial charge on any atom is 0.205 e. The van der Waals surface area contributed by atoms with E-state index >= 15 is 0 Å². The lowest BCUT2D eigenvalue weighted by atomic mass is 9.90. The summed E-state index contributed by atoms with van der Waals surface area (Å²) in [5.41, 5.74) is 6.03. The molecule has 1 saturated carbocycles. The molecule has 1 aromatic carbocycles. The topological polar surface area (TPSA) is 74.8 Å². The molecule has 0 saturated heterocycles. The van der Waals surface area contributed by atoms with E-state index in [4.69, 9.17) is 5.73 Å². The normalized spacial score (nSPS) is 20.5. The zero-order valence-electron chi connectivity index (χ0n) is 11.5. The van der Waals surface area contributed by atoms with Crippen LogP contribution in [0.25, 0.3) is 0 Å². The third-order valence-electron chi connectivity index (χ3n) is 3.67. The van der Waals surface area contributed by atoms with Crippen LogP contribution in [0.4, 0.5) is 10.1 Å². The quantitative estimate of drug-likeness (QED) is 0.726. The maximum absolute atomic E-state index is 13.4.